The van der Waals surface area contributed by atoms with E-state index in [1.165, 1.54) is 12.0 Å². The van der Waals surface area contributed by atoms with Crippen LogP contribution in [0.2, 0.25) is 0 Å². The summed E-state index contributed by atoms with van der Waals surface area (Å²) in [4.78, 5) is 37.0. The van der Waals surface area contributed by atoms with Crippen LogP contribution < -0.4 is 5.73 Å². The Morgan fingerprint density at radius 3 is 2.65 bits per heavy atom. The maximum absolute atomic E-state index is 12.5. The van der Waals surface area contributed by atoms with Crippen LogP contribution in [0.3, 0.4) is 0 Å². The Morgan fingerprint density at radius 2 is 2.13 bits per heavy atom. The van der Waals surface area contributed by atoms with Crippen LogP contribution in [0, 0.1) is 11.8 Å². The highest BCUT2D eigenvalue weighted by Gasteiger charge is 2.58. The molecule has 0 aromatic rings. The third-order valence-electron chi connectivity index (χ3n) is 4.29. The molecule has 0 aliphatic carbocycles. The predicted molar refractivity (Wildman–Crippen MR) is 84.1 cm³/mol. The number of rotatable bonds is 7. The zero-order valence-electron chi connectivity index (χ0n) is 13.5. The smallest absolute Gasteiger partial charge is 0.359 e. The Labute approximate surface area is 138 Å². The molecule has 2 heterocycles. The molecule has 3 atom stereocenters. The van der Waals surface area contributed by atoms with Crippen LogP contribution in [0.25, 0.3) is 0 Å². The van der Waals surface area contributed by atoms with Crippen molar-refractivity contribution in [2.24, 2.45) is 17.6 Å². The number of nitrogens with zero attached hydrogens (tertiary/aromatic N) is 1. The monoisotopic (exact) mass is 342 g/mol. The molecule has 0 radical (unpaired) electrons. The molecule has 1 saturated heterocycles. The molecule has 128 valence electrons. The number of carbonyl (C=O) groups is 3. The second-order valence-electron chi connectivity index (χ2n) is 6.13. The molecule has 2 N–H and O–H groups in total. The quantitative estimate of drug-likeness (QED) is 0.405. The molecule has 2 aliphatic heterocycles. The number of primary amides is 1. The molecule has 0 spiro atoms. The van der Waals surface area contributed by atoms with Gasteiger partial charge in [-0.05, 0) is 17.1 Å². The van der Waals surface area contributed by atoms with E-state index in [1.807, 2.05) is 13.8 Å². The van der Waals surface area contributed by atoms with E-state index in [9.17, 15) is 18.9 Å². The van der Waals surface area contributed by atoms with Crippen molar-refractivity contribution in [3.05, 3.63) is 10.6 Å². The number of methoxy groups -OCH3 is 1. The molecule has 1 fully saturated rings. The topological polar surface area (TPSA) is 113 Å². The van der Waals surface area contributed by atoms with Crippen LogP contribution in [0.4, 0.5) is 0 Å². The number of β-lactam (4-membered cyclic amide) rings is 1. The fraction of sp³-hybridized carbons (Fsp3) is 0.667. The minimum atomic E-state index is -1.43. The van der Waals surface area contributed by atoms with E-state index >= 15 is 0 Å². The van der Waals surface area contributed by atoms with Gasteiger partial charge in [-0.3, -0.25) is 14.5 Å². The summed E-state index contributed by atoms with van der Waals surface area (Å²) < 4.78 is 17.3. The minimum absolute atomic E-state index is 0.116. The highest BCUT2D eigenvalue weighted by atomic mass is 32.2. The normalized spacial score (nSPS) is 24.6. The zero-order chi connectivity index (χ0) is 17.3. The maximum atomic E-state index is 12.5. The van der Waals surface area contributed by atoms with E-state index in [2.05, 4.69) is 0 Å². The zero-order valence-corrected chi connectivity index (χ0v) is 14.4. The molecule has 2 aliphatic rings. The lowest BCUT2D eigenvalue weighted by atomic mass is 9.79. The average molecular weight is 342 g/mol. The van der Waals surface area contributed by atoms with Crippen molar-refractivity contribution in [1.82, 2.24) is 4.90 Å². The van der Waals surface area contributed by atoms with Gasteiger partial charge in [0.05, 0.1) is 19.1 Å². The SMILES string of the molecule is COC(=O)C1=C([S+]([O-])CCCC(N)=O)CC2C(C(C)C)C(=O)N12. The Bertz CT molecular complexity index is 560. The lowest BCUT2D eigenvalue weighted by molar-refractivity contribution is -0.158. The van der Waals surface area contributed by atoms with Crippen molar-refractivity contribution in [2.75, 3.05) is 12.9 Å². The van der Waals surface area contributed by atoms with Crippen molar-refractivity contribution < 1.29 is 23.7 Å². The number of hydrogen-bond donors (Lipinski definition) is 1. The fourth-order valence-corrected chi connectivity index (χ4v) is 4.63. The van der Waals surface area contributed by atoms with Crippen molar-refractivity contribution in [3.63, 3.8) is 0 Å². The number of esters is 1. The first-order valence-corrected chi connectivity index (χ1v) is 8.92. The summed E-state index contributed by atoms with van der Waals surface area (Å²) in [6, 6.07) is -0.119. The second-order valence-corrected chi connectivity index (χ2v) is 7.72. The lowest BCUT2D eigenvalue weighted by Gasteiger charge is -2.44. The first-order valence-electron chi connectivity index (χ1n) is 7.60. The number of ether oxygens (including phenoxy) is 1. The third-order valence-corrected chi connectivity index (χ3v) is 5.86. The fourth-order valence-electron chi connectivity index (χ4n) is 3.22. The summed E-state index contributed by atoms with van der Waals surface area (Å²) in [5.41, 5.74) is 5.20. The van der Waals surface area contributed by atoms with Crippen molar-refractivity contribution >= 4 is 29.0 Å². The van der Waals surface area contributed by atoms with Gasteiger partial charge in [0.1, 0.15) is 5.75 Å². The average Bonchev–Trinajstić information content (AvgIpc) is 2.80. The Kier molecular flexibility index (Phi) is 5.36. The number of fused-ring (bicyclic) bond motifs is 1. The van der Waals surface area contributed by atoms with Crippen molar-refractivity contribution in [1.29, 1.82) is 0 Å². The van der Waals surface area contributed by atoms with Gasteiger partial charge in [-0.2, -0.15) is 0 Å². The van der Waals surface area contributed by atoms with Crippen LogP contribution >= 0.6 is 0 Å². The van der Waals surface area contributed by atoms with E-state index in [-0.39, 0.29) is 41.7 Å². The molecule has 2 amide bonds. The number of nitrogens with two attached hydrogens (primary N) is 1. The van der Waals surface area contributed by atoms with Gasteiger partial charge in [0, 0.05) is 19.3 Å². The molecule has 2 rings (SSSR count). The number of amides is 2. The Morgan fingerprint density at radius 1 is 1.48 bits per heavy atom. The van der Waals surface area contributed by atoms with Crippen LogP contribution in [-0.2, 0) is 30.3 Å². The molecule has 0 aromatic heterocycles. The summed E-state index contributed by atoms with van der Waals surface area (Å²) in [6.07, 6.45) is 0.946. The van der Waals surface area contributed by atoms with Crippen LogP contribution in [0.1, 0.15) is 33.1 Å². The highest BCUT2D eigenvalue weighted by molar-refractivity contribution is 7.95. The van der Waals surface area contributed by atoms with Gasteiger partial charge in [0.2, 0.25) is 11.8 Å². The van der Waals surface area contributed by atoms with Gasteiger partial charge in [0.15, 0.2) is 10.6 Å². The van der Waals surface area contributed by atoms with Crippen LogP contribution in [0.15, 0.2) is 10.6 Å². The molecular weight excluding hydrogens is 320 g/mol. The standard InChI is InChI=1S/C15H22N2O5S/c1-8(2)12-9-7-10(23(21)6-4-5-11(16)18)13(15(20)22-3)17(9)14(12)19/h8-9,12H,4-7H2,1-3H3,(H2,16,18). The lowest BCUT2D eigenvalue weighted by Crippen LogP contribution is -2.60. The van der Waals surface area contributed by atoms with Crippen LogP contribution in [0.5, 0.6) is 0 Å². The number of hydrogen-bond acceptors (Lipinski definition) is 5. The maximum Gasteiger partial charge on any atom is 0.359 e. The Balaban J connectivity index is 2.18. The molecule has 3 unspecified atom stereocenters. The van der Waals surface area contributed by atoms with Crippen molar-refractivity contribution in [2.45, 2.75) is 39.2 Å². The molecule has 23 heavy (non-hydrogen) atoms. The summed E-state index contributed by atoms with van der Waals surface area (Å²) in [5, 5.41) is 0. The molecular formula is C15H22N2O5S. The Hall–Kier alpha value is -1.54. The van der Waals surface area contributed by atoms with Gasteiger partial charge < -0.3 is 15.0 Å². The van der Waals surface area contributed by atoms with E-state index < -0.39 is 23.1 Å². The van der Waals surface area contributed by atoms with E-state index in [0.717, 1.165) is 0 Å². The molecule has 7 nitrogen and oxygen atoms in total. The van der Waals surface area contributed by atoms with Gasteiger partial charge in [0.25, 0.3) is 0 Å². The van der Waals surface area contributed by atoms with E-state index in [0.29, 0.717) is 17.7 Å². The van der Waals surface area contributed by atoms with E-state index in [1.54, 1.807) is 0 Å². The predicted octanol–water partition coefficient (Wildman–Crippen LogP) is 0.272. The van der Waals surface area contributed by atoms with Crippen molar-refractivity contribution in [3.8, 4) is 0 Å². The summed E-state index contributed by atoms with van der Waals surface area (Å²) >= 11 is -1.43. The largest absolute Gasteiger partial charge is 0.612 e. The first-order chi connectivity index (χ1) is 10.8. The molecule has 8 heteroatoms. The molecule has 0 aromatic carbocycles. The number of carbonyl (C=O) groups excluding carboxylic acids is 3. The summed E-state index contributed by atoms with van der Waals surface area (Å²) in [5.74, 6) is -0.967. The van der Waals surface area contributed by atoms with Gasteiger partial charge >= 0.3 is 5.97 Å². The van der Waals surface area contributed by atoms with Gasteiger partial charge in [-0.1, -0.05) is 13.8 Å². The third kappa shape index (κ3) is 3.23. The highest BCUT2D eigenvalue weighted by Crippen LogP contribution is 2.46. The van der Waals surface area contributed by atoms with Crippen LogP contribution in [-0.4, -0.2) is 46.1 Å². The second kappa shape index (κ2) is 6.92. The molecule has 0 bridgehead atoms. The van der Waals surface area contributed by atoms with Gasteiger partial charge in [-0.25, -0.2) is 4.79 Å². The summed E-state index contributed by atoms with van der Waals surface area (Å²) in [7, 11) is 1.24. The summed E-state index contributed by atoms with van der Waals surface area (Å²) in [6.45, 7) is 3.92. The minimum Gasteiger partial charge on any atom is -0.612 e. The first kappa shape index (κ1) is 17.8. The molecule has 0 saturated carbocycles. The van der Waals surface area contributed by atoms with Gasteiger partial charge in [-0.15, -0.1) is 0 Å². The van der Waals surface area contributed by atoms with E-state index in [4.69, 9.17) is 10.5 Å².